The van der Waals surface area contributed by atoms with Crippen LogP contribution in [0.1, 0.15) is 12.5 Å². The lowest BCUT2D eigenvalue weighted by molar-refractivity contribution is 0.0850. The van der Waals surface area contributed by atoms with Crippen molar-refractivity contribution in [3.63, 3.8) is 0 Å². The van der Waals surface area contributed by atoms with Gasteiger partial charge in [0.1, 0.15) is 18.5 Å². The Balaban J connectivity index is 1.54. The molecule has 0 aliphatic carbocycles. The third-order valence-electron chi connectivity index (χ3n) is 3.70. The highest BCUT2D eigenvalue weighted by Gasteiger charge is 2.11. The van der Waals surface area contributed by atoms with E-state index in [2.05, 4.69) is 22.3 Å². The van der Waals surface area contributed by atoms with Gasteiger partial charge in [0.2, 0.25) is 5.82 Å². The molecule has 0 aliphatic heterocycles. The molecule has 0 radical (unpaired) electrons. The fraction of sp³-hybridized carbons (Fsp3) is 0.278. The SMILES string of the molecule is CCc1ccc(OCC(O)Cn2nnc(-c3ccc(Cl)cc3)n2)cc1. The Hall–Kier alpha value is -2.44. The highest BCUT2D eigenvalue weighted by atomic mass is 35.5. The first-order valence-electron chi connectivity index (χ1n) is 8.07. The highest BCUT2D eigenvalue weighted by Crippen LogP contribution is 2.17. The number of hydrogen-bond acceptors (Lipinski definition) is 5. The Labute approximate surface area is 151 Å². The molecule has 25 heavy (non-hydrogen) atoms. The van der Waals surface area contributed by atoms with Crippen LogP contribution >= 0.6 is 11.6 Å². The van der Waals surface area contributed by atoms with Crippen molar-refractivity contribution in [2.24, 2.45) is 0 Å². The van der Waals surface area contributed by atoms with E-state index >= 15 is 0 Å². The van der Waals surface area contributed by atoms with Crippen LogP contribution in [-0.4, -0.2) is 38.0 Å². The van der Waals surface area contributed by atoms with Gasteiger partial charge >= 0.3 is 0 Å². The van der Waals surface area contributed by atoms with E-state index in [4.69, 9.17) is 16.3 Å². The minimum Gasteiger partial charge on any atom is -0.491 e. The van der Waals surface area contributed by atoms with Crippen LogP contribution in [0.4, 0.5) is 0 Å². The predicted molar refractivity (Wildman–Crippen MR) is 95.6 cm³/mol. The van der Waals surface area contributed by atoms with Gasteiger partial charge in [0.15, 0.2) is 0 Å². The standard InChI is InChI=1S/C18H19ClN4O2/c1-2-13-3-9-17(10-4-13)25-12-16(24)11-23-21-18(20-22-23)14-5-7-15(19)8-6-14/h3-10,16,24H,2,11-12H2,1H3. The quantitative estimate of drug-likeness (QED) is 0.702. The molecule has 3 aromatic rings. The third kappa shape index (κ3) is 4.78. The van der Waals surface area contributed by atoms with Gasteiger partial charge in [0.25, 0.3) is 0 Å². The van der Waals surface area contributed by atoms with E-state index < -0.39 is 6.10 Å². The molecule has 0 amide bonds. The Morgan fingerprint density at radius 1 is 1.12 bits per heavy atom. The summed E-state index contributed by atoms with van der Waals surface area (Å²) in [6, 6.07) is 15.0. The second-order valence-electron chi connectivity index (χ2n) is 5.64. The molecule has 7 heteroatoms. The van der Waals surface area contributed by atoms with Crippen molar-refractivity contribution in [3.05, 3.63) is 59.1 Å². The number of tetrazole rings is 1. The maximum absolute atomic E-state index is 10.1. The van der Waals surface area contributed by atoms with Crippen LogP contribution in [0.2, 0.25) is 5.02 Å². The topological polar surface area (TPSA) is 73.1 Å². The van der Waals surface area contributed by atoms with Crippen molar-refractivity contribution in [2.45, 2.75) is 26.0 Å². The summed E-state index contributed by atoms with van der Waals surface area (Å²) >= 11 is 5.87. The molecular weight excluding hydrogens is 340 g/mol. The number of aliphatic hydroxyl groups is 1. The Morgan fingerprint density at radius 3 is 2.52 bits per heavy atom. The first-order valence-corrected chi connectivity index (χ1v) is 8.45. The van der Waals surface area contributed by atoms with E-state index in [0.29, 0.717) is 10.8 Å². The van der Waals surface area contributed by atoms with Gasteiger partial charge < -0.3 is 9.84 Å². The monoisotopic (exact) mass is 358 g/mol. The molecule has 130 valence electrons. The summed E-state index contributed by atoms with van der Waals surface area (Å²) in [5.74, 6) is 1.21. The molecule has 0 saturated heterocycles. The molecule has 6 nitrogen and oxygen atoms in total. The maximum Gasteiger partial charge on any atom is 0.204 e. The van der Waals surface area contributed by atoms with Crippen molar-refractivity contribution < 1.29 is 9.84 Å². The molecule has 1 heterocycles. The lowest BCUT2D eigenvalue weighted by Crippen LogP contribution is -2.25. The molecule has 0 aliphatic rings. The van der Waals surface area contributed by atoms with E-state index in [-0.39, 0.29) is 13.2 Å². The second kappa shape index (κ2) is 8.09. The molecule has 3 rings (SSSR count). The summed E-state index contributed by atoms with van der Waals surface area (Å²) in [6.07, 6.45) is 0.245. The lowest BCUT2D eigenvalue weighted by atomic mass is 10.2. The van der Waals surface area contributed by atoms with E-state index in [1.54, 1.807) is 12.1 Å². The summed E-state index contributed by atoms with van der Waals surface area (Å²) in [7, 11) is 0. The summed E-state index contributed by atoms with van der Waals surface area (Å²) < 4.78 is 5.59. The Morgan fingerprint density at radius 2 is 1.84 bits per heavy atom. The number of aryl methyl sites for hydroxylation is 1. The summed E-state index contributed by atoms with van der Waals surface area (Å²) in [6.45, 7) is 2.46. The van der Waals surface area contributed by atoms with Crippen molar-refractivity contribution in [1.29, 1.82) is 0 Å². The summed E-state index contributed by atoms with van der Waals surface area (Å²) in [5, 5.41) is 23.0. The van der Waals surface area contributed by atoms with Crippen LogP contribution in [0.15, 0.2) is 48.5 Å². The first kappa shape index (κ1) is 17.4. The molecule has 2 aromatic carbocycles. The van der Waals surface area contributed by atoms with E-state index in [0.717, 1.165) is 17.7 Å². The van der Waals surface area contributed by atoms with Crippen LogP contribution in [0, 0.1) is 0 Å². The zero-order chi connectivity index (χ0) is 17.6. The van der Waals surface area contributed by atoms with Crippen molar-refractivity contribution in [1.82, 2.24) is 20.2 Å². The number of halogens is 1. The number of rotatable bonds is 7. The van der Waals surface area contributed by atoms with Gasteiger partial charge in [-0.3, -0.25) is 0 Å². The van der Waals surface area contributed by atoms with Crippen LogP contribution < -0.4 is 4.74 Å². The Bertz CT molecular complexity index is 803. The lowest BCUT2D eigenvalue weighted by Gasteiger charge is -2.11. The number of benzene rings is 2. The van der Waals surface area contributed by atoms with Gasteiger partial charge in [-0.15, -0.1) is 10.2 Å². The molecule has 0 saturated carbocycles. The van der Waals surface area contributed by atoms with Crippen molar-refractivity contribution in [2.75, 3.05) is 6.61 Å². The van der Waals surface area contributed by atoms with Crippen LogP contribution in [0.5, 0.6) is 5.75 Å². The summed E-state index contributed by atoms with van der Waals surface area (Å²) in [4.78, 5) is 1.36. The number of aliphatic hydroxyl groups excluding tert-OH is 1. The molecule has 0 bridgehead atoms. The normalized spacial score (nSPS) is 12.1. The number of ether oxygens (including phenoxy) is 1. The van der Waals surface area contributed by atoms with Crippen molar-refractivity contribution in [3.8, 4) is 17.1 Å². The maximum atomic E-state index is 10.1. The van der Waals surface area contributed by atoms with Crippen LogP contribution in [-0.2, 0) is 13.0 Å². The highest BCUT2D eigenvalue weighted by molar-refractivity contribution is 6.30. The Kier molecular flexibility index (Phi) is 5.63. The van der Waals surface area contributed by atoms with Gasteiger partial charge in [-0.2, -0.15) is 4.80 Å². The molecule has 1 atom stereocenters. The molecular formula is C18H19ClN4O2. The van der Waals surface area contributed by atoms with Crippen LogP contribution in [0.3, 0.4) is 0 Å². The molecule has 0 spiro atoms. The predicted octanol–water partition coefficient (Wildman–Crippen LogP) is 3.00. The smallest absolute Gasteiger partial charge is 0.204 e. The molecule has 1 aromatic heterocycles. The van der Waals surface area contributed by atoms with Gasteiger partial charge in [0, 0.05) is 10.6 Å². The average molecular weight is 359 g/mol. The fourth-order valence-electron chi connectivity index (χ4n) is 2.29. The van der Waals surface area contributed by atoms with Gasteiger partial charge in [-0.1, -0.05) is 30.7 Å². The largest absolute Gasteiger partial charge is 0.491 e. The molecule has 1 unspecified atom stereocenters. The van der Waals surface area contributed by atoms with Crippen molar-refractivity contribution >= 4 is 11.6 Å². The first-order chi connectivity index (χ1) is 12.1. The molecule has 0 fully saturated rings. The number of nitrogens with zero attached hydrogens (tertiary/aromatic N) is 4. The number of hydrogen-bond donors (Lipinski definition) is 1. The van der Waals surface area contributed by atoms with Crippen LogP contribution in [0.25, 0.3) is 11.4 Å². The number of aromatic nitrogens is 4. The van der Waals surface area contributed by atoms with Gasteiger partial charge in [-0.25, -0.2) is 0 Å². The minimum absolute atomic E-state index is 0.156. The van der Waals surface area contributed by atoms with E-state index in [9.17, 15) is 5.11 Å². The zero-order valence-electron chi connectivity index (χ0n) is 13.8. The summed E-state index contributed by atoms with van der Waals surface area (Å²) in [5.41, 5.74) is 2.06. The van der Waals surface area contributed by atoms with Gasteiger partial charge in [0.05, 0.1) is 6.54 Å². The van der Waals surface area contributed by atoms with Gasteiger partial charge in [-0.05, 0) is 53.6 Å². The zero-order valence-corrected chi connectivity index (χ0v) is 14.6. The second-order valence-corrected chi connectivity index (χ2v) is 6.07. The molecule has 1 N–H and O–H groups in total. The van der Waals surface area contributed by atoms with E-state index in [1.807, 2.05) is 36.4 Å². The van der Waals surface area contributed by atoms with E-state index in [1.165, 1.54) is 10.4 Å². The fourth-order valence-corrected chi connectivity index (χ4v) is 2.42. The third-order valence-corrected chi connectivity index (χ3v) is 3.96. The average Bonchev–Trinajstić information content (AvgIpc) is 3.09. The minimum atomic E-state index is -0.738.